The summed E-state index contributed by atoms with van der Waals surface area (Å²) in [5.74, 6) is -0.178. The molecule has 0 spiro atoms. The summed E-state index contributed by atoms with van der Waals surface area (Å²) in [5, 5.41) is 6.96. The van der Waals surface area contributed by atoms with E-state index in [1.165, 1.54) is 11.1 Å². The molecule has 3 rings (SSSR count). The largest absolute Gasteiger partial charge is 0.381 e. The molecule has 0 aliphatic heterocycles. The molecule has 0 unspecified atom stereocenters. The highest BCUT2D eigenvalue weighted by molar-refractivity contribution is 6.30. The van der Waals surface area contributed by atoms with Gasteiger partial charge in [0.05, 0.1) is 0 Å². The summed E-state index contributed by atoms with van der Waals surface area (Å²) in [5.41, 5.74) is 4.82. The number of nitrogens with zero attached hydrogens (tertiary/aromatic N) is 1. The van der Waals surface area contributed by atoms with Gasteiger partial charge < -0.3 is 10.6 Å². The van der Waals surface area contributed by atoms with Gasteiger partial charge in [-0.1, -0.05) is 53.6 Å². The van der Waals surface area contributed by atoms with E-state index in [4.69, 9.17) is 11.6 Å². The zero-order chi connectivity index (χ0) is 19.1. The van der Waals surface area contributed by atoms with Crippen molar-refractivity contribution in [3.63, 3.8) is 0 Å². The number of anilines is 1. The second-order valence-corrected chi connectivity index (χ2v) is 6.84. The van der Waals surface area contributed by atoms with E-state index in [1.54, 1.807) is 12.3 Å². The van der Waals surface area contributed by atoms with Gasteiger partial charge in [-0.3, -0.25) is 9.78 Å². The molecule has 1 aromatic heterocycles. The number of amides is 1. The van der Waals surface area contributed by atoms with Crippen LogP contribution in [0.25, 0.3) is 0 Å². The maximum Gasteiger partial charge on any atom is 0.269 e. The first kappa shape index (κ1) is 18.9. The second-order valence-electron chi connectivity index (χ2n) is 6.40. The van der Waals surface area contributed by atoms with Crippen molar-refractivity contribution in [2.45, 2.75) is 19.9 Å². The number of nitrogens with one attached hydrogen (secondary N) is 2. The molecule has 0 aliphatic carbocycles. The number of halogens is 1. The van der Waals surface area contributed by atoms with Crippen molar-refractivity contribution in [1.82, 2.24) is 10.3 Å². The SMILES string of the molecule is Cc1cccc(CNc2ccnc(C(=O)NCCc3ccc(Cl)cc3)c2)c1. The number of hydrogen-bond donors (Lipinski definition) is 2. The highest BCUT2D eigenvalue weighted by Crippen LogP contribution is 2.12. The van der Waals surface area contributed by atoms with Gasteiger partial charge in [0.25, 0.3) is 5.91 Å². The van der Waals surface area contributed by atoms with Crippen LogP contribution in [0.4, 0.5) is 5.69 Å². The van der Waals surface area contributed by atoms with Crippen LogP contribution in [0.2, 0.25) is 5.02 Å². The molecule has 0 atom stereocenters. The maximum absolute atomic E-state index is 12.3. The van der Waals surface area contributed by atoms with Crippen molar-refractivity contribution >= 4 is 23.2 Å². The van der Waals surface area contributed by atoms with E-state index in [2.05, 4.69) is 40.7 Å². The lowest BCUT2D eigenvalue weighted by molar-refractivity contribution is 0.0949. The molecule has 3 aromatic rings. The van der Waals surface area contributed by atoms with Gasteiger partial charge in [-0.25, -0.2) is 0 Å². The molecule has 0 radical (unpaired) electrons. The Kier molecular flexibility index (Phi) is 6.44. The summed E-state index contributed by atoms with van der Waals surface area (Å²) in [7, 11) is 0. The monoisotopic (exact) mass is 379 g/mol. The third-order valence-electron chi connectivity index (χ3n) is 4.18. The molecule has 1 amide bonds. The molecule has 2 aromatic carbocycles. The lowest BCUT2D eigenvalue weighted by Crippen LogP contribution is -2.26. The molecule has 138 valence electrons. The van der Waals surface area contributed by atoms with Gasteiger partial charge in [0.2, 0.25) is 0 Å². The number of carbonyl (C=O) groups is 1. The number of carbonyl (C=O) groups excluding carboxylic acids is 1. The van der Waals surface area contributed by atoms with Crippen LogP contribution in [0.15, 0.2) is 66.9 Å². The molecular weight excluding hydrogens is 358 g/mol. The van der Waals surface area contributed by atoms with Gasteiger partial charge in [-0.2, -0.15) is 0 Å². The first-order valence-corrected chi connectivity index (χ1v) is 9.26. The normalized spacial score (nSPS) is 10.4. The van der Waals surface area contributed by atoms with Crippen LogP contribution in [0.3, 0.4) is 0 Å². The molecule has 0 bridgehead atoms. The van der Waals surface area contributed by atoms with Gasteiger partial charge in [0.15, 0.2) is 0 Å². The Bertz CT molecular complexity index is 909. The zero-order valence-electron chi connectivity index (χ0n) is 15.2. The quantitative estimate of drug-likeness (QED) is 0.629. The van der Waals surface area contributed by atoms with Crippen molar-refractivity contribution in [2.24, 2.45) is 0 Å². The number of hydrogen-bond acceptors (Lipinski definition) is 3. The Morgan fingerprint density at radius 3 is 2.63 bits per heavy atom. The topological polar surface area (TPSA) is 54.0 Å². The third-order valence-corrected chi connectivity index (χ3v) is 4.44. The molecule has 5 heteroatoms. The van der Waals surface area contributed by atoms with E-state index in [9.17, 15) is 4.79 Å². The van der Waals surface area contributed by atoms with E-state index in [0.717, 1.165) is 17.7 Å². The Balaban J connectivity index is 1.52. The van der Waals surface area contributed by atoms with Gasteiger partial charge in [0.1, 0.15) is 5.69 Å². The molecule has 27 heavy (non-hydrogen) atoms. The summed E-state index contributed by atoms with van der Waals surface area (Å²) < 4.78 is 0. The van der Waals surface area contributed by atoms with Crippen LogP contribution in [-0.4, -0.2) is 17.4 Å². The van der Waals surface area contributed by atoms with Gasteiger partial charge >= 0.3 is 0 Å². The minimum absolute atomic E-state index is 0.178. The van der Waals surface area contributed by atoms with E-state index in [-0.39, 0.29) is 5.91 Å². The van der Waals surface area contributed by atoms with Gasteiger partial charge in [0, 0.05) is 30.0 Å². The van der Waals surface area contributed by atoms with Gasteiger partial charge in [-0.05, 0) is 48.7 Å². The molecule has 0 aliphatic rings. The number of pyridine rings is 1. The van der Waals surface area contributed by atoms with Crippen molar-refractivity contribution in [1.29, 1.82) is 0 Å². The molecule has 1 heterocycles. The average Bonchev–Trinajstić information content (AvgIpc) is 2.68. The zero-order valence-corrected chi connectivity index (χ0v) is 16.0. The third kappa shape index (κ3) is 5.83. The minimum atomic E-state index is -0.178. The fraction of sp³-hybridized carbons (Fsp3) is 0.182. The molecule has 0 fully saturated rings. The highest BCUT2D eigenvalue weighted by atomic mass is 35.5. The number of benzene rings is 2. The molecule has 0 saturated heterocycles. The Labute approximate surface area is 164 Å². The molecule has 4 nitrogen and oxygen atoms in total. The van der Waals surface area contributed by atoms with Crippen molar-refractivity contribution in [3.8, 4) is 0 Å². The van der Waals surface area contributed by atoms with Crippen LogP contribution in [-0.2, 0) is 13.0 Å². The number of rotatable bonds is 7. The Morgan fingerprint density at radius 2 is 1.85 bits per heavy atom. The van der Waals surface area contributed by atoms with Crippen LogP contribution in [0.5, 0.6) is 0 Å². The van der Waals surface area contributed by atoms with Crippen LogP contribution >= 0.6 is 11.6 Å². The fourth-order valence-electron chi connectivity index (χ4n) is 2.75. The minimum Gasteiger partial charge on any atom is -0.381 e. The standard InChI is InChI=1S/C22H22ClN3O/c1-16-3-2-4-18(13-16)15-26-20-10-12-24-21(14-20)22(27)25-11-9-17-5-7-19(23)8-6-17/h2-8,10,12-14H,9,11,15H2,1H3,(H,24,26)(H,25,27). The summed E-state index contributed by atoms with van der Waals surface area (Å²) in [6.45, 7) is 3.31. The number of aryl methyl sites for hydroxylation is 1. The summed E-state index contributed by atoms with van der Waals surface area (Å²) in [6, 6.07) is 19.6. The van der Waals surface area contributed by atoms with Crippen molar-refractivity contribution in [3.05, 3.63) is 94.3 Å². The fourth-order valence-corrected chi connectivity index (χ4v) is 2.88. The Morgan fingerprint density at radius 1 is 1.04 bits per heavy atom. The van der Waals surface area contributed by atoms with E-state index in [1.807, 2.05) is 36.4 Å². The van der Waals surface area contributed by atoms with E-state index < -0.39 is 0 Å². The van der Waals surface area contributed by atoms with Crippen LogP contribution in [0, 0.1) is 6.92 Å². The first-order valence-electron chi connectivity index (χ1n) is 8.88. The summed E-state index contributed by atoms with van der Waals surface area (Å²) in [4.78, 5) is 16.5. The van der Waals surface area contributed by atoms with Gasteiger partial charge in [-0.15, -0.1) is 0 Å². The lowest BCUT2D eigenvalue weighted by Gasteiger charge is -2.09. The number of aromatic nitrogens is 1. The highest BCUT2D eigenvalue weighted by Gasteiger charge is 2.07. The van der Waals surface area contributed by atoms with Crippen LogP contribution < -0.4 is 10.6 Å². The van der Waals surface area contributed by atoms with E-state index in [0.29, 0.717) is 23.8 Å². The smallest absolute Gasteiger partial charge is 0.269 e. The van der Waals surface area contributed by atoms with E-state index >= 15 is 0 Å². The van der Waals surface area contributed by atoms with Crippen molar-refractivity contribution in [2.75, 3.05) is 11.9 Å². The maximum atomic E-state index is 12.3. The summed E-state index contributed by atoms with van der Waals surface area (Å²) in [6.07, 6.45) is 2.39. The van der Waals surface area contributed by atoms with Crippen LogP contribution in [0.1, 0.15) is 27.2 Å². The lowest BCUT2D eigenvalue weighted by atomic mass is 10.1. The van der Waals surface area contributed by atoms with Crippen molar-refractivity contribution < 1.29 is 4.79 Å². The second kappa shape index (κ2) is 9.19. The first-order chi connectivity index (χ1) is 13.1. The Hall–Kier alpha value is -2.85. The predicted octanol–water partition coefficient (Wildman–Crippen LogP) is 4.63. The summed E-state index contributed by atoms with van der Waals surface area (Å²) >= 11 is 5.88. The predicted molar refractivity (Wildman–Crippen MR) is 110 cm³/mol. The molecule has 0 saturated carbocycles. The average molecular weight is 380 g/mol. The molecular formula is C22H22ClN3O. The molecule has 2 N–H and O–H groups in total.